The number of carbonyl (C=O) groups is 1. The summed E-state index contributed by atoms with van der Waals surface area (Å²) in [6, 6.07) is 0.487. The topological polar surface area (TPSA) is 92.5 Å². The van der Waals surface area contributed by atoms with Gasteiger partial charge in [-0.2, -0.15) is 0 Å². The number of hydrogen-bond donors (Lipinski definition) is 2. The van der Waals surface area contributed by atoms with Crippen LogP contribution in [-0.4, -0.2) is 63.0 Å². The van der Waals surface area contributed by atoms with Crippen LogP contribution in [0.1, 0.15) is 19.8 Å². The van der Waals surface area contributed by atoms with E-state index in [1.807, 2.05) is 0 Å². The Hall–Kier alpha value is -0.660. The first kappa shape index (κ1) is 15.7. The van der Waals surface area contributed by atoms with Crippen LogP contribution in [0, 0.1) is 11.8 Å². The standard InChI is InChI=1S/C13H25N3O3S/c1-2-12-11-8-15-7-10(11)9-16(12)4-6-20(18,19)5-3-13(14)17/h10-12,15H,2-9H2,1H3,(H2,14,17). The number of hydrogen-bond acceptors (Lipinski definition) is 5. The molecule has 116 valence electrons. The summed E-state index contributed by atoms with van der Waals surface area (Å²) in [5.74, 6) is 0.772. The van der Waals surface area contributed by atoms with E-state index < -0.39 is 15.7 Å². The first-order valence-corrected chi connectivity index (χ1v) is 9.18. The van der Waals surface area contributed by atoms with Gasteiger partial charge in [-0.1, -0.05) is 6.92 Å². The van der Waals surface area contributed by atoms with E-state index >= 15 is 0 Å². The van der Waals surface area contributed by atoms with Crippen LogP contribution >= 0.6 is 0 Å². The molecule has 3 atom stereocenters. The number of fused-ring (bicyclic) bond motifs is 1. The number of nitrogens with zero attached hydrogens (tertiary/aromatic N) is 1. The summed E-state index contributed by atoms with van der Waals surface area (Å²) in [7, 11) is -3.18. The quantitative estimate of drug-likeness (QED) is 0.643. The Kier molecular flexibility index (Phi) is 5.04. The molecule has 0 aromatic carbocycles. The van der Waals surface area contributed by atoms with E-state index in [1.165, 1.54) is 0 Å². The highest BCUT2D eigenvalue weighted by molar-refractivity contribution is 7.91. The van der Waals surface area contributed by atoms with E-state index in [2.05, 4.69) is 17.1 Å². The van der Waals surface area contributed by atoms with Crippen LogP contribution in [-0.2, 0) is 14.6 Å². The maximum absolute atomic E-state index is 11.9. The third kappa shape index (κ3) is 3.71. The monoisotopic (exact) mass is 303 g/mol. The third-order valence-electron chi connectivity index (χ3n) is 4.59. The molecule has 2 aliphatic rings. The molecule has 0 aromatic rings. The van der Waals surface area contributed by atoms with Crippen molar-refractivity contribution in [2.75, 3.05) is 37.7 Å². The molecule has 0 aliphatic carbocycles. The highest BCUT2D eigenvalue weighted by Crippen LogP contribution is 2.33. The molecule has 2 saturated heterocycles. The summed E-state index contributed by atoms with van der Waals surface area (Å²) in [4.78, 5) is 13.0. The van der Waals surface area contributed by atoms with E-state index in [0.29, 0.717) is 24.4 Å². The molecule has 1 amide bonds. The minimum Gasteiger partial charge on any atom is -0.370 e. The van der Waals surface area contributed by atoms with Gasteiger partial charge in [0.25, 0.3) is 0 Å². The Morgan fingerprint density at radius 1 is 1.35 bits per heavy atom. The first-order chi connectivity index (χ1) is 9.43. The zero-order valence-corrected chi connectivity index (χ0v) is 12.9. The van der Waals surface area contributed by atoms with Gasteiger partial charge in [-0.15, -0.1) is 0 Å². The minimum atomic E-state index is -3.18. The molecular formula is C13H25N3O3S. The maximum atomic E-state index is 11.9. The van der Waals surface area contributed by atoms with Crippen LogP contribution in [0.3, 0.4) is 0 Å². The number of nitrogens with one attached hydrogen (secondary N) is 1. The maximum Gasteiger partial charge on any atom is 0.218 e. The van der Waals surface area contributed by atoms with Gasteiger partial charge in [0.15, 0.2) is 9.84 Å². The molecule has 2 fully saturated rings. The predicted octanol–water partition coefficient (Wildman–Crippen LogP) is -0.794. The van der Waals surface area contributed by atoms with E-state index in [-0.39, 0.29) is 17.9 Å². The van der Waals surface area contributed by atoms with Crippen molar-refractivity contribution in [1.82, 2.24) is 10.2 Å². The lowest BCUT2D eigenvalue weighted by Crippen LogP contribution is -2.38. The number of carbonyl (C=O) groups excluding carboxylic acids is 1. The van der Waals surface area contributed by atoms with E-state index in [1.54, 1.807) is 0 Å². The minimum absolute atomic E-state index is 0.0747. The van der Waals surface area contributed by atoms with E-state index in [0.717, 1.165) is 26.1 Å². The molecule has 20 heavy (non-hydrogen) atoms. The number of amides is 1. The van der Waals surface area contributed by atoms with Crippen molar-refractivity contribution in [3.05, 3.63) is 0 Å². The van der Waals surface area contributed by atoms with Gasteiger partial charge in [0.1, 0.15) is 0 Å². The van der Waals surface area contributed by atoms with Crippen LogP contribution in [0.5, 0.6) is 0 Å². The average Bonchev–Trinajstić information content (AvgIpc) is 2.94. The smallest absolute Gasteiger partial charge is 0.218 e. The summed E-state index contributed by atoms with van der Waals surface area (Å²) in [5.41, 5.74) is 5.00. The summed E-state index contributed by atoms with van der Waals surface area (Å²) < 4.78 is 23.8. The molecule has 2 aliphatic heterocycles. The second kappa shape index (κ2) is 6.41. The van der Waals surface area contributed by atoms with Gasteiger partial charge in [-0.3, -0.25) is 9.69 Å². The van der Waals surface area contributed by atoms with E-state index in [9.17, 15) is 13.2 Å². The van der Waals surface area contributed by atoms with Crippen molar-refractivity contribution in [1.29, 1.82) is 0 Å². The summed E-state index contributed by atoms with van der Waals surface area (Å²) in [6.07, 6.45) is 0.985. The zero-order valence-electron chi connectivity index (χ0n) is 12.0. The molecule has 0 aromatic heterocycles. The Balaban J connectivity index is 1.86. The lowest BCUT2D eigenvalue weighted by molar-refractivity contribution is -0.117. The van der Waals surface area contributed by atoms with Crippen molar-refractivity contribution >= 4 is 15.7 Å². The van der Waals surface area contributed by atoms with E-state index in [4.69, 9.17) is 5.73 Å². The van der Waals surface area contributed by atoms with Crippen molar-refractivity contribution in [3.63, 3.8) is 0 Å². The van der Waals surface area contributed by atoms with Gasteiger partial charge < -0.3 is 11.1 Å². The number of nitrogens with two attached hydrogens (primary N) is 1. The number of sulfone groups is 1. The van der Waals surface area contributed by atoms with Crippen LogP contribution in [0.15, 0.2) is 0 Å². The summed E-state index contributed by atoms with van der Waals surface area (Å²) in [6.45, 7) is 5.83. The van der Waals surface area contributed by atoms with Gasteiger partial charge in [-0.25, -0.2) is 8.42 Å². The van der Waals surface area contributed by atoms with Crippen LogP contribution < -0.4 is 11.1 Å². The van der Waals surface area contributed by atoms with Crippen molar-refractivity contribution < 1.29 is 13.2 Å². The molecule has 0 radical (unpaired) electrons. The molecule has 3 unspecified atom stereocenters. The molecule has 6 nitrogen and oxygen atoms in total. The van der Waals surface area contributed by atoms with Crippen molar-refractivity contribution in [3.8, 4) is 0 Å². The molecular weight excluding hydrogens is 278 g/mol. The molecule has 0 saturated carbocycles. The van der Waals surface area contributed by atoms with Gasteiger partial charge in [-0.05, 0) is 31.3 Å². The van der Waals surface area contributed by atoms with Crippen molar-refractivity contribution in [2.24, 2.45) is 17.6 Å². The SMILES string of the molecule is CCC1C2CNCC2CN1CCS(=O)(=O)CCC(N)=O. The van der Waals surface area contributed by atoms with Gasteiger partial charge in [0.05, 0.1) is 11.5 Å². The molecule has 7 heteroatoms. The van der Waals surface area contributed by atoms with Gasteiger partial charge in [0, 0.05) is 25.6 Å². The highest BCUT2D eigenvalue weighted by Gasteiger charge is 2.42. The molecule has 2 rings (SSSR count). The summed E-state index contributed by atoms with van der Waals surface area (Å²) in [5, 5.41) is 3.42. The second-order valence-electron chi connectivity index (χ2n) is 5.92. The average molecular weight is 303 g/mol. The lowest BCUT2D eigenvalue weighted by atomic mass is 9.93. The van der Waals surface area contributed by atoms with Crippen LogP contribution in [0.25, 0.3) is 0 Å². The van der Waals surface area contributed by atoms with Crippen molar-refractivity contribution in [2.45, 2.75) is 25.8 Å². The van der Waals surface area contributed by atoms with Crippen LogP contribution in [0.2, 0.25) is 0 Å². The fourth-order valence-corrected chi connectivity index (χ4v) is 4.77. The fraction of sp³-hybridized carbons (Fsp3) is 0.923. The van der Waals surface area contributed by atoms with Crippen LogP contribution in [0.4, 0.5) is 0 Å². The Labute approximate surface area is 121 Å². The number of rotatable bonds is 7. The lowest BCUT2D eigenvalue weighted by Gasteiger charge is -2.26. The molecule has 0 spiro atoms. The van der Waals surface area contributed by atoms with Gasteiger partial charge >= 0.3 is 0 Å². The fourth-order valence-electron chi connectivity index (χ4n) is 3.54. The molecule has 0 bridgehead atoms. The first-order valence-electron chi connectivity index (χ1n) is 7.36. The Morgan fingerprint density at radius 2 is 2.10 bits per heavy atom. The normalized spacial score (nSPS) is 30.6. The third-order valence-corrected chi connectivity index (χ3v) is 6.22. The Morgan fingerprint density at radius 3 is 2.75 bits per heavy atom. The highest BCUT2D eigenvalue weighted by atomic mass is 32.2. The molecule has 3 N–H and O–H groups in total. The number of likely N-dealkylation sites (tertiary alicyclic amines) is 1. The zero-order chi connectivity index (χ0) is 14.8. The summed E-state index contributed by atoms with van der Waals surface area (Å²) >= 11 is 0. The van der Waals surface area contributed by atoms with Gasteiger partial charge in [0.2, 0.25) is 5.91 Å². The predicted molar refractivity (Wildman–Crippen MR) is 78.0 cm³/mol. The number of primary amides is 1. The molecule has 2 heterocycles. The second-order valence-corrected chi connectivity index (χ2v) is 8.22. The Bertz CT molecular complexity index is 452. The largest absolute Gasteiger partial charge is 0.370 e.